The molecule has 0 fully saturated rings. The van der Waals surface area contributed by atoms with E-state index >= 15 is 0 Å². The number of halogens is 1. The first-order valence-corrected chi connectivity index (χ1v) is 11.9. The third kappa shape index (κ3) is 5.81. The lowest BCUT2D eigenvalue weighted by molar-refractivity contribution is -0.119. The van der Waals surface area contributed by atoms with Crippen LogP contribution in [0.15, 0.2) is 77.7 Å². The summed E-state index contributed by atoms with van der Waals surface area (Å²) in [5.41, 5.74) is 2.21. The number of nitrogens with zero attached hydrogens (tertiary/aromatic N) is 1. The zero-order valence-electron chi connectivity index (χ0n) is 17.9. The Labute approximate surface area is 193 Å². The Morgan fingerprint density at radius 2 is 1.66 bits per heavy atom. The highest BCUT2D eigenvalue weighted by molar-refractivity contribution is 7.92. The van der Waals surface area contributed by atoms with Gasteiger partial charge in [-0.1, -0.05) is 41.9 Å². The van der Waals surface area contributed by atoms with E-state index in [1.165, 1.54) is 12.1 Å². The van der Waals surface area contributed by atoms with Crippen molar-refractivity contribution in [2.45, 2.75) is 18.7 Å². The fraction of sp³-hybridized carbons (Fsp3) is 0.208. The van der Waals surface area contributed by atoms with Crippen LogP contribution in [0, 0.1) is 13.8 Å². The summed E-state index contributed by atoms with van der Waals surface area (Å²) in [5, 5.41) is 3.33. The van der Waals surface area contributed by atoms with Crippen LogP contribution in [0.25, 0.3) is 0 Å². The number of hydrogen-bond acceptors (Lipinski definition) is 4. The van der Waals surface area contributed by atoms with Gasteiger partial charge in [-0.15, -0.1) is 0 Å². The summed E-state index contributed by atoms with van der Waals surface area (Å²) in [5.74, 6) is 0.206. The zero-order chi connectivity index (χ0) is 23.1. The van der Waals surface area contributed by atoms with Crippen LogP contribution in [0.4, 0.5) is 5.69 Å². The van der Waals surface area contributed by atoms with E-state index in [9.17, 15) is 13.2 Å². The van der Waals surface area contributed by atoms with Crippen LogP contribution in [-0.4, -0.2) is 34.0 Å². The predicted molar refractivity (Wildman–Crippen MR) is 127 cm³/mol. The van der Waals surface area contributed by atoms with Gasteiger partial charge in [-0.05, 0) is 67.4 Å². The van der Waals surface area contributed by atoms with Crippen molar-refractivity contribution in [1.82, 2.24) is 5.32 Å². The van der Waals surface area contributed by atoms with E-state index in [-0.39, 0.29) is 24.6 Å². The summed E-state index contributed by atoms with van der Waals surface area (Å²) >= 11 is 5.85. The zero-order valence-corrected chi connectivity index (χ0v) is 19.5. The number of carbonyl (C=O) groups is 1. The van der Waals surface area contributed by atoms with Gasteiger partial charge in [0.2, 0.25) is 5.91 Å². The van der Waals surface area contributed by atoms with Crippen LogP contribution in [0.1, 0.15) is 11.1 Å². The maximum atomic E-state index is 13.4. The first-order chi connectivity index (χ1) is 15.3. The number of ether oxygens (including phenoxy) is 1. The van der Waals surface area contributed by atoms with Gasteiger partial charge >= 0.3 is 0 Å². The largest absolute Gasteiger partial charge is 0.492 e. The minimum Gasteiger partial charge on any atom is -0.492 e. The highest BCUT2D eigenvalue weighted by Gasteiger charge is 2.28. The number of amides is 1. The lowest BCUT2D eigenvalue weighted by Gasteiger charge is -2.26. The standard InChI is InChI=1S/C24H25ClN2O4S/c1-18-7-6-10-23(19(18)2)27(32(29,30)22-8-4-3-5-9-22)17-24(28)26-15-16-31-21-13-11-20(25)12-14-21/h3-14H,15-17H2,1-2H3,(H,26,28). The molecule has 6 nitrogen and oxygen atoms in total. The third-order valence-corrected chi connectivity index (χ3v) is 7.00. The van der Waals surface area contributed by atoms with Gasteiger partial charge in [0.25, 0.3) is 10.0 Å². The highest BCUT2D eigenvalue weighted by atomic mass is 35.5. The van der Waals surface area contributed by atoms with Gasteiger partial charge in [0.05, 0.1) is 17.1 Å². The normalized spacial score (nSPS) is 11.1. The second kappa shape index (κ2) is 10.5. The van der Waals surface area contributed by atoms with Crippen molar-refractivity contribution in [3.63, 3.8) is 0 Å². The Morgan fingerprint density at radius 3 is 2.34 bits per heavy atom. The van der Waals surface area contributed by atoms with Crippen LogP contribution >= 0.6 is 11.6 Å². The summed E-state index contributed by atoms with van der Waals surface area (Å²) in [4.78, 5) is 12.8. The van der Waals surface area contributed by atoms with E-state index < -0.39 is 15.9 Å². The minimum absolute atomic E-state index is 0.125. The number of hydrogen-bond donors (Lipinski definition) is 1. The number of sulfonamides is 1. The second-order valence-electron chi connectivity index (χ2n) is 7.20. The molecule has 0 aliphatic carbocycles. The quantitative estimate of drug-likeness (QED) is 0.470. The lowest BCUT2D eigenvalue weighted by Crippen LogP contribution is -2.42. The summed E-state index contributed by atoms with van der Waals surface area (Å²) < 4.78 is 33.5. The first kappa shape index (κ1) is 23.6. The summed E-state index contributed by atoms with van der Waals surface area (Å²) in [6.07, 6.45) is 0. The molecule has 0 bridgehead atoms. The maximum Gasteiger partial charge on any atom is 0.264 e. The fourth-order valence-electron chi connectivity index (χ4n) is 3.10. The highest BCUT2D eigenvalue weighted by Crippen LogP contribution is 2.28. The Kier molecular flexibility index (Phi) is 7.77. The Morgan fingerprint density at radius 1 is 0.969 bits per heavy atom. The second-order valence-corrected chi connectivity index (χ2v) is 9.49. The molecule has 0 saturated heterocycles. The molecule has 0 aliphatic rings. The van der Waals surface area contributed by atoms with Crippen molar-refractivity contribution in [2.24, 2.45) is 0 Å². The Bertz CT molecular complexity index is 1170. The molecule has 0 heterocycles. The molecule has 0 spiro atoms. The number of benzene rings is 3. The Balaban J connectivity index is 1.73. The van der Waals surface area contributed by atoms with Gasteiger partial charge in [-0.3, -0.25) is 9.10 Å². The summed E-state index contributed by atoms with van der Waals surface area (Å²) in [6.45, 7) is 3.87. The third-order valence-electron chi connectivity index (χ3n) is 4.97. The van der Waals surface area contributed by atoms with E-state index in [0.717, 1.165) is 15.4 Å². The molecule has 0 unspecified atom stereocenters. The molecule has 0 saturated carbocycles. The van der Waals surface area contributed by atoms with Crippen molar-refractivity contribution in [3.05, 3.63) is 88.9 Å². The number of aryl methyl sites for hydroxylation is 1. The van der Waals surface area contributed by atoms with Crippen molar-refractivity contribution in [2.75, 3.05) is 24.0 Å². The van der Waals surface area contributed by atoms with Gasteiger partial charge in [-0.25, -0.2) is 8.42 Å². The van der Waals surface area contributed by atoms with Crippen LogP contribution in [0.5, 0.6) is 5.75 Å². The molecule has 3 aromatic carbocycles. The summed E-state index contributed by atoms with van der Waals surface area (Å²) in [7, 11) is -3.94. The molecule has 0 aliphatic heterocycles. The smallest absolute Gasteiger partial charge is 0.264 e. The first-order valence-electron chi connectivity index (χ1n) is 10.1. The van der Waals surface area contributed by atoms with E-state index in [4.69, 9.17) is 16.3 Å². The van der Waals surface area contributed by atoms with E-state index in [0.29, 0.717) is 16.5 Å². The monoisotopic (exact) mass is 472 g/mol. The van der Waals surface area contributed by atoms with E-state index in [1.54, 1.807) is 54.6 Å². The molecule has 0 atom stereocenters. The molecule has 8 heteroatoms. The molecular formula is C24H25ClN2O4S. The van der Waals surface area contributed by atoms with E-state index in [1.807, 2.05) is 19.9 Å². The molecule has 3 rings (SSSR count). The van der Waals surface area contributed by atoms with Gasteiger partial charge in [0.1, 0.15) is 18.9 Å². The molecule has 0 aromatic heterocycles. The van der Waals surface area contributed by atoms with Gasteiger partial charge < -0.3 is 10.1 Å². The molecular weight excluding hydrogens is 448 g/mol. The van der Waals surface area contributed by atoms with Crippen molar-refractivity contribution < 1.29 is 17.9 Å². The van der Waals surface area contributed by atoms with Crippen LogP contribution in [-0.2, 0) is 14.8 Å². The lowest BCUT2D eigenvalue weighted by atomic mass is 10.1. The van der Waals surface area contributed by atoms with Gasteiger partial charge in [0, 0.05) is 5.02 Å². The maximum absolute atomic E-state index is 13.4. The molecule has 1 amide bonds. The van der Waals surface area contributed by atoms with Crippen molar-refractivity contribution in [1.29, 1.82) is 0 Å². The molecule has 0 radical (unpaired) electrons. The minimum atomic E-state index is -3.94. The molecule has 1 N–H and O–H groups in total. The number of carbonyl (C=O) groups excluding carboxylic acids is 1. The van der Waals surface area contributed by atoms with Gasteiger partial charge in [0.15, 0.2) is 0 Å². The average Bonchev–Trinajstić information content (AvgIpc) is 2.79. The van der Waals surface area contributed by atoms with Gasteiger partial charge in [-0.2, -0.15) is 0 Å². The van der Waals surface area contributed by atoms with Crippen LogP contribution in [0.3, 0.4) is 0 Å². The van der Waals surface area contributed by atoms with Crippen LogP contribution in [0.2, 0.25) is 5.02 Å². The molecule has 32 heavy (non-hydrogen) atoms. The predicted octanol–water partition coefficient (Wildman–Crippen LogP) is 4.35. The van der Waals surface area contributed by atoms with Crippen molar-refractivity contribution in [3.8, 4) is 5.75 Å². The van der Waals surface area contributed by atoms with Crippen molar-refractivity contribution >= 4 is 33.2 Å². The molecule has 3 aromatic rings. The summed E-state index contributed by atoms with van der Waals surface area (Å²) in [6, 6.07) is 20.4. The number of rotatable bonds is 9. The number of nitrogens with one attached hydrogen (secondary N) is 1. The SMILES string of the molecule is Cc1cccc(N(CC(=O)NCCOc2ccc(Cl)cc2)S(=O)(=O)c2ccccc2)c1C. The fourth-order valence-corrected chi connectivity index (χ4v) is 4.73. The molecule has 168 valence electrons. The number of anilines is 1. The Hall–Kier alpha value is -3.03. The average molecular weight is 473 g/mol. The topological polar surface area (TPSA) is 75.7 Å². The van der Waals surface area contributed by atoms with Crippen LogP contribution < -0.4 is 14.4 Å². The van der Waals surface area contributed by atoms with E-state index in [2.05, 4.69) is 5.32 Å².